The molecule has 1 saturated heterocycles. The number of carboxylic acid groups (broad SMARTS) is 1. The van der Waals surface area contributed by atoms with Crippen molar-refractivity contribution in [1.82, 2.24) is 25.2 Å². The molecule has 12 heteroatoms. The Balaban J connectivity index is 0.000000325. The summed E-state index contributed by atoms with van der Waals surface area (Å²) in [6, 6.07) is 3.92. The maximum Gasteiger partial charge on any atom is 0.303 e. The molecule has 3 N–H and O–H groups in total. The van der Waals surface area contributed by atoms with Crippen LogP contribution in [0.3, 0.4) is 0 Å². The molecule has 0 bridgehead atoms. The summed E-state index contributed by atoms with van der Waals surface area (Å²) in [5.74, 6) is -2.81. The molecule has 0 spiro atoms. The van der Waals surface area contributed by atoms with Crippen LogP contribution in [0.1, 0.15) is 79.3 Å². The normalized spacial score (nSPS) is 17.2. The number of rotatable bonds is 8. The molecule has 198 valence electrons. The van der Waals surface area contributed by atoms with Gasteiger partial charge in [-0.3, -0.25) is 38.9 Å². The van der Waals surface area contributed by atoms with Crippen LogP contribution in [0.2, 0.25) is 0 Å². The monoisotopic (exact) mass is 512 g/mol. The fourth-order valence-corrected chi connectivity index (χ4v) is 4.50. The van der Waals surface area contributed by atoms with Gasteiger partial charge in [-0.15, -0.1) is 5.10 Å². The zero-order chi connectivity index (χ0) is 27.3. The molecule has 4 rings (SSSR count). The molecular weight excluding hydrogens is 480 g/mol. The van der Waals surface area contributed by atoms with E-state index in [-0.39, 0.29) is 35.8 Å². The summed E-state index contributed by atoms with van der Waals surface area (Å²) in [5, 5.41) is 21.6. The molecule has 37 heavy (non-hydrogen) atoms. The highest BCUT2D eigenvalue weighted by Gasteiger charge is 2.45. The van der Waals surface area contributed by atoms with Crippen molar-refractivity contribution < 1.29 is 29.1 Å². The maximum atomic E-state index is 12.9. The SMILES string of the molecule is CCCC(C)(C)CC(=O)O.Cn1cc(CNc2cccc3c2C(=O)N(C2CCC(=O)NC2=O)C3=O)nn1. The largest absolute Gasteiger partial charge is 0.481 e. The summed E-state index contributed by atoms with van der Waals surface area (Å²) in [5.41, 5.74) is 1.57. The van der Waals surface area contributed by atoms with E-state index in [0.717, 1.165) is 17.7 Å². The Kier molecular flexibility index (Phi) is 8.41. The second-order valence-electron chi connectivity index (χ2n) is 9.90. The third kappa shape index (κ3) is 6.57. The van der Waals surface area contributed by atoms with Gasteiger partial charge in [0.2, 0.25) is 11.8 Å². The van der Waals surface area contributed by atoms with Crippen molar-refractivity contribution in [2.75, 3.05) is 5.32 Å². The number of fused-ring (bicyclic) bond motifs is 1. The molecule has 0 aliphatic carbocycles. The van der Waals surface area contributed by atoms with Crippen molar-refractivity contribution >= 4 is 35.3 Å². The Morgan fingerprint density at radius 3 is 2.54 bits per heavy atom. The van der Waals surface area contributed by atoms with E-state index in [2.05, 4.69) is 27.9 Å². The van der Waals surface area contributed by atoms with Crippen molar-refractivity contribution in [3.05, 3.63) is 41.2 Å². The summed E-state index contributed by atoms with van der Waals surface area (Å²) >= 11 is 0. The number of amides is 4. The van der Waals surface area contributed by atoms with E-state index >= 15 is 0 Å². The lowest BCUT2D eigenvalue weighted by Crippen LogP contribution is -2.54. The molecule has 1 atom stereocenters. The lowest BCUT2D eigenvalue weighted by molar-refractivity contribution is -0.139. The summed E-state index contributed by atoms with van der Waals surface area (Å²) in [4.78, 5) is 60.4. The molecule has 2 aliphatic rings. The van der Waals surface area contributed by atoms with E-state index in [0.29, 0.717) is 17.9 Å². The first kappa shape index (κ1) is 27.5. The number of piperidine rings is 1. The fraction of sp³-hybridized carbons (Fsp3) is 0.480. The second-order valence-corrected chi connectivity index (χ2v) is 9.90. The zero-order valence-electron chi connectivity index (χ0n) is 21.4. The molecule has 2 aliphatic heterocycles. The number of benzene rings is 1. The van der Waals surface area contributed by atoms with Crippen molar-refractivity contribution in [2.45, 2.75) is 65.5 Å². The molecule has 4 amide bonds. The van der Waals surface area contributed by atoms with Gasteiger partial charge in [0, 0.05) is 25.4 Å². The van der Waals surface area contributed by atoms with Crippen LogP contribution in [0.15, 0.2) is 24.4 Å². The molecule has 3 heterocycles. The average Bonchev–Trinajstić information content (AvgIpc) is 3.33. The molecule has 0 radical (unpaired) electrons. The molecule has 1 fully saturated rings. The van der Waals surface area contributed by atoms with Crippen molar-refractivity contribution in [3.8, 4) is 0 Å². The molecule has 12 nitrogen and oxygen atoms in total. The number of hydrogen-bond acceptors (Lipinski definition) is 8. The van der Waals surface area contributed by atoms with Gasteiger partial charge in [0.25, 0.3) is 11.8 Å². The number of aliphatic carboxylic acids is 1. The van der Waals surface area contributed by atoms with Gasteiger partial charge in [0.15, 0.2) is 0 Å². The van der Waals surface area contributed by atoms with Crippen LogP contribution in [0, 0.1) is 5.41 Å². The first-order chi connectivity index (χ1) is 17.4. The number of nitrogens with one attached hydrogen (secondary N) is 2. The van der Waals surface area contributed by atoms with Crippen molar-refractivity contribution in [3.63, 3.8) is 0 Å². The lowest BCUT2D eigenvalue weighted by Gasteiger charge is -2.27. The number of aromatic nitrogens is 3. The van der Waals surface area contributed by atoms with Crippen LogP contribution in [-0.2, 0) is 28.0 Å². The Labute approximate surface area is 214 Å². The minimum atomic E-state index is -0.983. The minimum absolute atomic E-state index is 0.0272. The second kappa shape index (κ2) is 11.3. The quantitative estimate of drug-likeness (QED) is 0.449. The van der Waals surface area contributed by atoms with E-state index in [1.54, 1.807) is 36.1 Å². The van der Waals surface area contributed by atoms with Gasteiger partial charge in [-0.05, 0) is 30.4 Å². The zero-order valence-corrected chi connectivity index (χ0v) is 21.4. The Morgan fingerprint density at radius 1 is 1.22 bits per heavy atom. The Bertz CT molecular complexity index is 1220. The van der Waals surface area contributed by atoms with E-state index in [9.17, 15) is 24.0 Å². The Hall–Kier alpha value is -4.09. The lowest BCUT2D eigenvalue weighted by atomic mass is 9.85. The predicted octanol–water partition coefficient (Wildman–Crippen LogP) is 2.12. The van der Waals surface area contributed by atoms with Crippen LogP contribution >= 0.6 is 0 Å². The van der Waals surface area contributed by atoms with Crippen molar-refractivity contribution in [2.24, 2.45) is 12.5 Å². The molecule has 2 aromatic rings. The predicted molar refractivity (Wildman–Crippen MR) is 132 cm³/mol. The summed E-state index contributed by atoms with van der Waals surface area (Å²) in [6.07, 6.45) is 4.26. The number of aryl methyl sites for hydroxylation is 1. The first-order valence-corrected chi connectivity index (χ1v) is 12.1. The maximum absolute atomic E-state index is 12.9. The third-order valence-electron chi connectivity index (χ3n) is 6.13. The third-order valence-corrected chi connectivity index (χ3v) is 6.13. The molecule has 1 unspecified atom stereocenters. The van der Waals surface area contributed by atoms with Gasteiger partial charge in [-0.2, -0.15) is 0 Å². The van der Waals surface area contributed by atoms with Crippen LogP contribution < -0.4 is 10.6 Å². The average molecular weight is 513 g/mol. The minimum Gasteiger partial charge on any atom is -0.481 e. The van der Waals surface area contributed by atoms with Gasteiger partial charge < -0.3 is 10.4 Å². The molecule has 1 aromatic heterocycles. The fourth-order valence-electron chi connectivity index (χ4n) is 4.50. The summed E-state index contributed by atoms with van der Waals surface area (Å²) in [7, 11) is 1.75. The highest BCUT2D eigenvalue weighted by atomic mass is 16.4. The topological polar surface area (TPSA) is 164 Å². The van der Waals surface area contributed by atoms with E-state index < -0.39 is 35.6 Å². The smallest absolute Gasteiger partial charge is 0.303 e. The van der Waals surface area contributed by atoms with Gasteiger partial charge >= 0.3 is 5.97 Å². The van der Waals surface area contributed by atoms with Crippen LogP contribution in [-0.4, -0.2) is 60.6 Å². The molecule has 0 saturated carbocycles. The number of carboxylic acids is 1. The summed E-state index contributed by atoms with van der Waals surface area (Å²) in [6.45, 7) is 6.38. The Morgan fingerprint density at radius 2 is 1.95 bits per heavy atom. The van der Waals surface area contributed by atoms with E-state index in [1.165, 1.54) is 0 Å². The molecule has 1 aromatic carbocycles. The van der Waals surface area contributed by atoms with E-state index in [1.807, 2.05) is 13.8 Å². The number of anilines is 1. The molecular formula is C25H32N6O6. The van der Waals surface area contributed by atoms with Crippen LogP contribution in [0.4, 0.5) is 5.69 Å². The summed E-state index contributed by atoms with van der Waals surface area (Å²) < 4.78 is 1.56. The van der Waals surface area contributed by atoms with Crippen LogP contribution in [0.25, 0.3) is 0 Å². The van der Waals surface area contributed by atoms with Gasteiger partial charge in [-0.1, -0.05) is 38.5 Å². The van der Waals surface area contributed by atoms with Crippen LogP contribution in [0.5, 0.6) is 0 Å². The highest BCUT2D eigenvalue weighted by Crippen LogP contribution is 2.32. The number of carbonyl (C=O) groups is 5. The van der Waals surface area contributed by atoms with Gasteiger partial charge in [-0.25, -0.2) is 0 Å². The first-order valence-electron chi connectivity index (χ1n) is 12.1. The number of hydrogen-bond donors (Lipinski definition) is 3. The number of nitrogens with zero attached hydrogens (tertiary/aromatic N) is 4. The standard InChI is InChI=1S/C17H16N6O4.C8H16O2/c1-22-8-9(20-21-22)7-18-11-4-2-3-10-14(11)17(27)23(16(10)26)12-5-6-13(24)19-15(12)25;1-4-5-8(2,3)6-7(9)10/h2-4,8,12,18H,5-7H2,1H3,(H,19,24,25);4-6H2,1-3H3,(H,9,10). The van der Waals surface area contributed by atoms with E-state index in [4.69, 9.17) is 5.11 Å². The highest BCUT2D eigenvalue weighted by molar-refractivity contribution is 6.25. The van der Waals surface area contributed by atoms with Gasteiger partial charge in [0.1, 0.15) is 11.7 Å². The van der Waals surface area contributed by atoms with Gasteiger partial charge in [0.05, 0.1) is 24.1 Å². The number of carbonyl (C=O) groups excluding carboxylic acids is 4. The van der Waals surface area contributed by atoms with Crippen molar-refractivity contribution in [1.29, 1.82) is 0 Å². The number of imide groups is 2.